The van der Waals surface area contributed by atoms with E-state index in [4.69, 9.17) is 0 Å². The molecule has 0 atom stereocenters. The number of thioether (sulfide) groups is 1. The van der Waals surface area contributed by atoms with Crippen LogP contribution in [0, 0.1) is 0 Å². The van der Waals surface area contributed by atoms with E-state index < -0.39 is 0 Å². The summed E-state index contributed by atoms with van der Waals surface area (Å²) in [5.41, 5.74) is 2.35. The number of hydrogen-bond donors (Lipinski definition) is 2. The van der Waals surface area contributed by atoms with E-state index in [1.54, 1.807) is 7.05 Å². The molecule has 1 amide bonds. The average molecular weight is 363 g/mol. The fourth-order valence-corrected chi connectivity index (χ4v) is 2.98. The van der Waals surface area contributed by atoms with E-state index in [2.05, 4.69) is 41.8 Å². The van der Waals surface area contributed by atoms with Crippen LogP contribution in [0.25, 0.3) is 0 Å². The third kappa shape index (κ3) is 5.66. The van der Waals surface area contributed by atoms with Gasteiger partial charge in [-0.3, -0.25) is 9.79 Å². The predicted octanol–water partition coefficient (Wildman–Crippen LogP) is 2.66. The second kappa shape index (κ2) is 9.13. The first-order valence-electron chi connectivity index (χ1n) is 8.85. The van der Waals surface area contributed by atoms with Crippen molar-refractivity contribution < 1.29 is 4.79 Å². The van der Waals surface area contributed by atoms with E-state index >= 15 is 0 Å². The highest BCUT2D eigenvalue weighted by molar-refractivity contribution is 7.99. The van der Waals surface area contributed by atoms with Crippen LogP contribution in [0.3, 0.4) is 0 Å². The number of guanidine groups is 1. The third-order valence-electron chi connectivity index (χ3n) is 4.51. The van der Waals surface area contributed by atoms with Crippen LogP contribution in [-0.4, -0.2) is 49.6 Å². The van der Waals surface area contributed by atoms with Crippen molar-refractivity contribution in [3.05, 3.63) is 29.8 Å². The zero-order valence-corrected chi connectivity index (χ0v) is 16.6. The summed E-state index contributed by atoms with van der Waals surface area (Å²) in [6.45, 7) is 6.78. The molecular weight excluding hydrogens is 332 g/mol. The number of hydrogen-bond acceptors (Lipinski definition) is 3. The number of para-hydroxylation sites is 1. The van der Waals surface area contributed by atoms with Crippen molar-refractivity contribution in [1.82, 2.24) is 10.6 Å². The fraction of sp³-hybridized carbons (Fsp3) is 0.579. The summed E-state index contributed by atoms with van der Waals surface area (Å²) >= 11 is 1.82. The van der Waals surface area contributed by atoms with Crippen molar-refractivity contribution in [2.24, 2.45) is 4.99 Å². The molecule has 0 bridgehead atoms. The normalized spacial score (nSPS) is 14.4. The molecule has 25 heavy (non-hydrogen) atoms. The lowest BCUT2D eigenvalue weighted by atomic mass is 10.2. The molecule has 6 heteroatoms. The molecule has 0 saturated heterocycles. The van der Waals surface area contributed by atoms with Crippen molar-refractivity contribution in [2.45, 2.75) is 37.9 Å². The van der Waals surface area contributed by atoms with E-state index in [0.29, 0.717) is 6.42 Å². The van der Waals surface area contributed by atoms with Crippen molar-refractivity contribution in [2.75, 3.05) is 37.8 Å². The van der Waals surface area contributed by atoms with Crippen LogP contribution in [0.1, 0.15) is 32.3 Å². The summed E-state index contributed by atoms with van der Waals surface area (Å²) in [5.74, 6) is 0.999. The number of amides is 1. The first kappa shape index (κ1) is 19.6. The van der Waals surface area contributed by atoms with E-state index in [0.717, 1.165) is 44.1 Å². The molecule has 2 N–H and O–H groups in total. The smallest absolute Gasteiger partial charge is 0.227 e. The summed E-state index contributed by atoms with van der Waals surface area (Å²) in [6.07, 6.45) is 4.42. The summed E-state index contributed by atoms with van der Waals surface area (Å²) in [6, 6.07) is 8.18. The lowest BCUT2D eigenvalue weighted by molar-refractivity contribution is -0.118. The zero-order chi connectivity index (χ0) is 18.3. The molecule has 0 unspecified atom stereocenters. The molecule has 1 aliphatic heterocycles. The maximum atomic E-state index is 12.5. The molecule has 1 aromatic rings. The van der Waals surface area contributed by atoms with E-state index in [-0.39, 0.29) is 10.7 Å². The van der Waals surface area contributed by atoms with Crippen molar-refractivity contribution in [3.8, 4) is 0 Å². The Labute approximate surface area is 155 Å². The van der Waals surface area contributed by atoms with Crippen LogP contribution < -0.4 is 15.5 Å². The number of aliphatic imine (C=N–C) groups is 1. The van der Waals surface area contributed by atoms with Gasteiger partial charge in [0.15, 0.2) is 5.96 Å². The number of rotatable bonds is 7. The van der Waals surface area contributed by atoms with Gasteiger partial charge in [-0.1, -0.05) is 18.2 Å². The Morgan fingerprint density at radius 1 is 1.32 bits per heavy atom. The Kier molecular flexibility index (Phi) is 7.17. The maximum Gasteiger partial charge on any atom is 0.227 e. The molecule has 1 aliphatic rings. The molecule has 0 aromatic heterocycles. The third-order valence-corrected chi connectivity index (χ3v) is 5.76. The number of benzene rings is 1. The summed E-state index contributed by atoms with van der Waals surface area (Å²) in [7, 11) is 1.77. The molecule has 0 aliphatic carbocycles. The second-order valence-corrected chi connectivity index (χ2v) is 8.36. The highest BCUT2D eigenvalue weighted by Crippen LogP contribution is 2.27. The molecular formula is C19H30N4OS. The molecule has 138 valence electrons. The van der Waals surface area contributed by atoms with Crippen LogP contribution in [-0.2, 0) is 11.2 Å². The second-order valence-electron chi connectivity index (χ2n) is 6.84. The molecule has 0 fully saturated rings. The minimum absolute atomic E-state index is 0.163. The van der Waals surface area contributed by atoms with Gasteiger partial charge in [-0.15, -0.1) is 0 Å². The molecule has 5 nitrogen and oxygen atoms in total. The molecule has 0 saturated carbocycles. The molecule has 1 aromatic carbocycles. The lowest BCUT2D eigenvalue weighted by Gasteiger charge is -2.23. The minimum Gasteiger partial charge on any atom is -0.356 e. The highest BCUT2D eigenvalue weighted by Gasteiger charge is 2.23. The van der Waals surface area contributed by atoms with Crippen LogP contribution in [0.4, 0.5) is 5.69 Å². The summed E-state index contributed by atoms with van der Waals surface area (Å²) in [4.78, 5) is 18.6. The topological polar surface area (TPSA) is 56.7 Å². The quantitative estimate of drug-likeness (QED) is 0.445. The number of carbonyl (C=O) groups excluding carboxylic acids is 1. The Hall–Kier alpha value is -1.69. The lowest BCUT2D eigenvalue weighted by Crippen LogP contribution is -2.43. The first-order chi connectivity index (χ1) is 12.0. The van der Waals surface area contributed by atoms with Gasteiger partial charge in [-0.05, 0) is 44.6 Å². The summed E-state index contributed by atoms with van der Waals surface area (Å²) < 4.78 is 0.163. The zero-order valence-electron chi connectivity index (χ0n) is 15.8. The Balaban J connectivity index is 1.71. The minimum atomic E-state index is 0.163. The van der Waals surface area contributed by atoms with E-state index in [1.807, 2.05) is 34.9 Å². The van der Waals surface area contributed by atoms with Gasteiger partial charge in [-0.25, -0.2) is 0 Å². The van der Waals surface area contributed by atoms with Gasteiger partial charge in [0, 0.05) is 43.5 Å². The number of nitrogens with one attached hydrogen (secondary N) is 2. The number of anilines is 1. The van der Waals surface area contributed by atoms with Crippen LogP contribution in [0.15, 0.2) is 29.3 Å². The standard InChI is InChI=1S/C19H30N4OS/c1-19(2,25-4)14-22-18(20-3)21-12-7-10-17(24)23-13-11-15-8-5-6-9-16(15)23/h5-6,8-9H,7,10-14H2,1-4H3,(H2,20,21,22). The summed E-state index contributed by atoms with van der Waals surface area (Å²) in [5, 5.41) is 6.63. The molecule has 0 spiro atoms. The molecule has 2 rings (SSSR count). The maximum absolute atomic E-state index is 12.5. The van der Waals surface area contributed by atoms with Gasteiger partial charge in [-0.2, -0.15) is 11.8 Å². The van der Waals surface area contributed by atoms with Crippen molar-refractivity contribution in [3.63, 3.8) is 0 Å². The molecule has 0 radical (unpaired) electrons. The van der Waals surface area contributed by atoms with Crippen molar-refractivity contribution >= 4 is 29.3 Å². The van der Waals surface area contributed by atoms with Gasteiger partial charge in [0.1, 0.15) is 0 Å². The fourth-order valence-electron chi connectivity index (χ4n) is 2.77. The largest absolute Gasteiger partial charge is 0.356 e. The van der Waals surface area contributed by atoms with Gasteiger partial charge in [0.05, 0.1) is 0 Å². The van der Waals surface area contributed by atoms with Gasteiger partial charge >= 0.3 is 0 Å². The highest BCUT2D eigenvalue weighted by atomic mass is 32.2. The Bertz CT molecular complexity index is 615. The van der Waals surface area contributed by atoms with Gasteiger partial charge in [0.2, 0.25) is 5.91 Å². The average Bonchev–Trinajstić information content (AvgIpc) is 3.05. The van der Waals surface area contributed by atoms with Crippen LogP contribution in [0.5, 0.6) is 0 Å². The Morgan fingerprint density at radius 3 is 2.80 bits per heavy atom. The van der Waals surface area contributed by atoms with E-state index in [1.165, 1.54) is 5.56 Å². The number of nitrogens with zero attached hydrogens (tertiary/aromatic N) is 2. The SMILES string of the molecule is CN=C(NCCCC(=O)N1CCc2ccccc21)NCC(C)(C)SC. The van der Waals surface area contributed by atoms with Crippen LogP contribution in [0.2, 0.25) is 0 Å². The predicted molar refractivity (Wildman–Crippen MR) is 109 cm³/mol. The van der Waals surface area contributed by atoms with Crippen molar-refractivity contribution in [1.29, 1.82) is 0 Å². The van der Waals surface area contributed by atoms with Gasteiger partial charge in [0.25, 0.3) is 0 Å². The first-order valence-corrected chi connectivity index (χ1v) is 10.1. The van der Waals surface area contributed by atoms with Gasteiger partial charge < -0.3 is 15.5 Å². The van der Waals surface area contributed by atoms with Crippen LogP contribution >= 0.6 is 11.8 Å². The number of carbonyl (C=O) groups is 1. The monoisotopic (exact) mass is 362 g/mol. The molecule has 1 heterocycles. The Morgan fingerprint density at radius 2 is 2.08 bits per heavy atom. The number of fused-ring (bicyclic) bond motifs is 1. The van der Waals surface area contributed by atoms with E-state index in [9.17, 15) is 4.79 Å².